The molecular weight excluding hydrogens is 250 g/mol. The SMILES string of the molecule is Oc1c2c(c(O)n1-c1ccc(Cl)cc1)CC=CC2. The lowest BCUT2D eigenvalue weighted by Crippen LogP contribution is -1.92. The average Bonchev–Trinajstić information content (AvgIpc) is 2.64. The summed E-state index contributed by atoms with van der Waals surface area (Å²) in [5.41, 5.74) is 2.29. The third-order valence-corrected chi connectivity index (χ3v) is 3.48. The van der Waals surface area contributed by atoms with Gasteiger partial charge >= 0.3 is 0 Å². The summed E-state index contributed by atoms with van der Waals surface area (Å²) in [7, 11) is 0. The third-order valence-electron chi connectivity index (χ3n) is 3.22. The van der Waals surface area contributed by atoms with E-state index in [2.05, 4.69) is 0 Å². The van der Waals surface area contributed by atoms with Gasteiger partial charge in [-0.1, -0.05) is 23.8 Å². The molecule has 0 bridgehead atoms. The van der Waals surface area contributed by atoms with Crippen molar-refractivity contribution in [1.82, 2.24) is 4.57 Å². The number of aromatic hydroxyl groups is 2. The molecule has 4 heteroatoms. The molecule has 0 fully saturated rings. The molecule has 2 aromatic rings. The molecule has 0 radical (unpaired) electrons. The highest BCUT2D eigenvalue weighted by atomic mass is 35.5. The fourth-order valence-corrected chi connectivity index (χ4v) is 2.43. The Morgan fingerprint density at radius 2 is 1.39 bits per heavy atom. The molecule has 18 heavy (non-hydrogen) atoms. The first-order chi connectivity index (χ1) is 8.68. The van der Waals surface area contributed by atoms with Crippen molar-refractivity contribution in [3.8, 4) is 17.4 Å². The second-order valence-corrected chi connectivity index (χ2v) is 4.73. The first-order valence-corrected chi connectivity index (χ1v) is 6.11. The van der Waals surface area contributed by atoms with Gasteiger partial charge in [-0.15, -0.1) is 0 Å². The summed E-state index contributed by atoms with van der Waals surface area (Å²) >= 11 is 5.84. The van der Waals surface area contributed by atoms with Crippen LogP contribution in [0.2, 0.25) is 5.02 Å². The van der Waals surface area contributed by atoms with E-state index >= 15 is 0 Å². The van der Waals surface area contributed by atoms with Crippen LogP contribution in [0.5, 0.6) is 11.8 Å². The van der Waals surface area contributed by atoms with E-state index in [1.54, 1.807) is 24.3 Å². The molecule has 1 aliphatic rings. The average molecular weight is 262 g/mol. The molecule has 2 N–H and O–H groups in total. The Balaban J connectivity index is 2.18. The molecule has 0 unspecified atom stereocenters. The lowest BCUT2D eigenvalue weighted by molar-refractivity contribution is 0.400. The zero-order valence-corrected chi connectivity index (χ0v) is 10.4. The molecule has 0 saturated carbocycles. The lowest BCUT2D eigenvalue weighted by Gasteiger charge is -2.07. The van der Waals surface area contributed by atoms with Crippen LogP contribution in [0.15, 0.2) is 36.4 Å². The quantitative estimate of drug-likeness (QED) is 0.775. The molecule has 0 aliphatic heterocycles. The summed E-state index contributed by atoms with van der Waals surface area (Å²) < 4.78 is 1.45. The van der Waals surface area contributed by atoms with Crippen molar-refractivity contribution in [1.29, 1.82) is 0 Å². The number of hydrogen-bond donors (Lipinski definition) is 2. The van der Waals surface area contributed by atoms with Crippen LogP contribution >= 0.6 is 11.6 Å². The van der Waals surface area contributed by atoms with Crippen LogP contribution in [0.4, 0.5) is 0 Å². The van der Waals surface area contributed by atoms with Crippen LogP contribution in [0, 0.1) is 0 Å². The molecule has 0 amide bonds. The number of aromatic nitrogens is 1. The van der Waals surface area contributed by atoms with E-state index in [-0.39, 0.29) is 11.8 Å². The highest BCUT2D eigenvalue weighted by molar-refractivity contribution is 6.30. The maximum atomic E-state index is 10.2. The minimum Gasteiger partial charge on any atom is -0.494 e. The summed E-state index contributed by atoms with van der Waals surface area (Å²) in [5, 5.41) is 21.1. The smallest absolute Gasteiger partial charge is 0.202 e. The maximum Gasteiger partial charge on any atom is 0.202 e. The largest absolute Gasteiger partial charge is 0.494 e. The summed E-state index contributed by atoms with van der Waals surface area (Å²) in [5.74, 6) is 0.211. The molecule has 1 aliphatic carbocycles. The van der Waals surface area contributed by atoms with Gasteiger partial charge in [-0.3, -0.25) is 4.57 Å². The number of halogens is 1. The highest BCUT2D eigenvalue weighted by Gasteiger charge is 2.23. The van der Waals surface area contributed by atoms with Crippen molar-refractivity contribution < 1.29 is 10.2 Å². The number of benzene rings is 1. The van der Waals surface area contributed by atoms with E-state index in [9.17, 15) is 10.2 Å². The fraction of sp³-hybridized carbons (Fsp3) is 0.143. The van der Waals surface area contributed by atoms with Gasteiger partial charge < -0.3 is 10.2 Å². The number of allylic oxidation sites excluding steroid dienone is 2. The summed E-state index contributed by atoms with van der Waals surface area (Å²) in [6.45, 7) is 0. The second kappa shape index (κ2) is 4.10. The second-order valence-electron chi connectivity index (χ2n) is 4.30. The van der Waals surface area contributed by atoms with Gasteiger partial charge in [0.25, 0.3) is 0 Å². The fourth-order valence-electron chi connectivity index (χ4n) is 2.31. The predicted molar refractivity (Wildman–Crippen MR) is 70.7 cm³/mol. The molecule has 3 nitrogen and oxygen atoms in total. The molecule has 3 rings (SSSR count). The Hall–Kier alpha value is -1.87. The number of rotatable bonds is 1. The summed E-state index contributed by atoms with van der Waals surface area (Å²) in [6, 6.07) is 6.99. The maximum absolute atomic E-state index is 10.2. The Labute approximate surface area is 110 Å². The van der Waals surface area contributed by atoms with Crippen LogP contribution in [0.3, 0.4) is 0 Å². The molecule has 1 heterocycles. The van der Waals surface area contributed by atoms with Gasteiger partial charge in [0.1, 0.15) is 0 Å². The molecule has 0 atom stereocenters. The minimum atomic E-state index is 0.106. The lowest BCUT2D eigenvalue weighted by atomic mass is 10.0. The Kier molecular flexibility index (Phi) is 2.56. The zero-order chi connectivity index (χ0) is 12.7. The monoisotopic (exact) mass is 261 g/mol. The first kappa shape index (κ1) is 11.2. The van der Waals surface area contributed by atoms with Crippen molar-refractivity contribution >= 4 is 11.6 Å². The molecule has 1 aromatic heterocycles. The number of hydrogen-bond acceptors (Lipinski definition) is 2. The predicted octanol–water partition coefficient (Wildman–Crippen LogP) is 3.20. The standard InChI is InChI=1S/C14H12ClNO2/c15-9-5-7-10(8-6-9)16-13(17)11-3-1-2-4-12(11)14(16)18/h1-2,5-8,17-18H,3-4H2. The van der Waals surface area contributed by atoms with Crippen molar-refractivity contribution in [2.75, 3.05) is 0 Å². The van der Waals surface area contributed by atoms with Crippen LogP contribution in [0.25, 0.3) is 5.69 Å². The molecular formula is C14H12ClNO2. The zero-order valence-electron chi connectivity index (χ0n) is 9.60. The van der Waals surface area contributed by atoms with Gasteiger partial charge in [-0.25, -0.2) is 0 Å². The summed E-state index contributed by atoms with van der Waals surface area (Å²) in [6.07, 6.45) is 5.28. The Bertz CT molecular complexity index is 595. The number of nitrogens with zero attached hydrogens (tertiary/aromatic N) is 1. The van der Waals surface area contributed by atoms with Crippen LogP contribution in [-0.4, -0.2) is 14.8 Å². The van der Waals surface area contributed by atoms with Gasteiger partial charge in [0.05, 0.1) is 5.69 Å². The van der Waals surface area contributed by atoms with E-state index in [4.69, 9.17) is 11.6 Å². The van der Waals surface area contributed by atoms with Gasteiger partial charge in [-0.2, -0.15) is 0 Å². The number of fused-ring (bicyclic) bond motifs is 1. The molecule has 0 spiro atoms. The van der Waals surface area contributed by atoms with E-state index in [1.165, 1.54) is 4.57 Å². The van der Waals surface area contributed by atoms with Gasteiger partial charge in [0.15, 0.2) is 0 Å². The van der Waals surface area contributed by atoms with E-state index in [0.717, 1.165) is 11.1 Å². The normalized spacial score (nSPS) is 13.6. The van der Waals surface area contributed by atoms with Crippen molar-refractivity contribution in [3.63, 3.8) is 0 Å². The summed E-state index contributed by atoms with van der Waals surface area (Å²) in [4.78, 5) is 0. The Morgan fingerprint density at radius 1 is 0.889 bits per heavy atom. The third kappa shape index (κ3) is 1.59. The van der Waals surface area contributed by atoms with E-state index in [0.29, 0.717) is 23.6 Å². The topological polar surface area (TPSA) is 45.4 Å². The van der Waals surface area contributed by atoms with Crippen molar-refractivity contribution in [3.05, 3.63) is 52.6 Å². The van der Waals surface area contributed by atoms with Gasteiger partial charge in [0, 0.05) is 16.1 Å². The van der Waals surface area contributed by atoms with Gasteiger partial charge in [-0.05, 0) is 37.1 Å². The Morgan fingerprint density at radius 3 is 1.89 bits per heavy atom. The highest BCUT2D eigenvalue weighted by Crippen LogP contribution is 2.39. The molecule has 92 valence electrons. The van der Waals surface area contributed by atoms with Crippen LogP contribution in [-0.2, 0) is 12.8 Å². The molecule has 1 aromatic carbocycles. The van der Waals surface area contributed by atoms with Crippen molar-refractivity contribution in [2.45, 2.75) is 12.8 Å². The van der Waals surface area contributed by atoms with Crippen LogP contribution in [0.1, 0.15) is 11.1 Å². The molecule has 0 saturated heterocycles. The van der Waals surface area contributed by atoms with E-state index in [1.807, 2.05) is 12.2 Å². The van der Waals surface area contributed by atoms with Gasteiger partial charge in [0.2, 0.25) is 11.8 Å². The first-order valence-electron chi connectivity index (χ1n) is 5.74. The minimum absolute atomic E-state index is 0.106. The van der Waals surface area contributed by atoms with Crippen molar-refractivity contribution in [2.24, 2.45) is 0 Å². The van der Waals surface area contributed by atoms with E-state index < -0.39 is 0 Å². The van der Waals surface area contributed by atoms with Crippen LogP contribution < -0.4 is 0 Å².